The van der Waals surface area contributed by atoms with Gasteiger partial charge in [0.05, 0.1) is 17.4 Å². The van der Waals surface area contributed by atoms with E-state index < -0.39 is 16.1 Å². The van der Waals surface area contributed by atoms with Crippen molar-refractivity contribution in [1.82, 2.24) is 24.7 Å². The molecule has 8 nitrogen and oxygen atoms in total. The molecule has 148 valence electrons. The monoisotopic (exact) mass is 385 g/mol. The van der Waals surface area contributed by atoms with Crippen LogP contribution in [0.1, 0.15) is 38.1 Å². The molecule has 0 saturated carbocycles. The molecule has 0 aliphatic carbocycles. The fraction of sp³-hybridized carbons (Fsp3) is 0.765. The Morgan fingerprint density at radius 3 is 2.42 bits per heavy atom. The van der Waals surface area contributed by atoms with Gasteiger partial charge in [-0.25, -0.2) is 8.42 Å². The first-order valence-corrected chi connectivity index (χ1v) is 10.7. The lowest BCUT2D eigenvalue weighted by atomic mass is 9.96. The molecule has 1 aromatic heterocycles. The van der Waals surface area contributed by atoms with Crippen LogP contribution in [0, 0.1) is 19.8 Å². The van der Waals surface area contributed by atoms with E-state index in [0.29, 0.717) is 30.4 Å². The van der Waals surface area contributed by atoms with Crippen LogP contribution in [0.5, 0.6) is 0 Å². The molecule has 0 aromatic carbocycles. The van der Waals surface area contributed by atoms with Crippen LogP contribution in [0.4, 0.5) is 0 Å². The Labute approximate surface area is 156 Å². The molecule has 1 atom stereocenters. The second kappa shape index (κ2) is 8.49. The smallest absolute Gasteiger partial charge is 0.244 e. The molecular formula is C17H31N5O3S. The van der Waals surface area contributed by atoms with Crippen LogP contribution in [0.25, 0.3) is 0 Å². The number of carbonyl (C=O) groups excluding carboxylic acids is 1. The molecule has 26 heavy (non-hydrogen) atoms. The first kappa shape index (κ1) is 20.9. The van der Waals surface area contributed by atoms with Gasteiger partial charge in [0, 0.05) is 20.1 Å². The largest absolute Gasteiger partial charge is 0.341 e. The SMILES string of the molecule is CCNCC1CCN(C(=O)C(C)NS(=O)(=O)c2c(C)nn(C)c2C)CC1. The second-order valence-electron chi connectivity index (χ2n) is 7.04. The Bertz CT molecular complexity index is 736. The Kier molecular flexibility index (Phi) is 6.81. The van der Waals surface area contributed by atoms with Crippen LogP contribution in [0.3, 0.4) is 0 Å². The molecule has 1 amide bonds. The van der Waals surface area contributed by atoms with Gasteiger partial charge < -0.3 is 10.2 Å². The quantitative estimate of drug-likeness (QED) is 0.715. The molecular weight excluding hydrogens is 354 g/mol. The lowest BCUT2D eigenvalue weighted by Crippen LogP contribution is -2.50. The van der Waals surface area contributed by atoms with E-state index in [1.54, 1.807) is 32.7 Å². The Morgan fingerprint density at radius 1 is 1.31 bits per heavy atom. The summed E-state index contributed by atoms with van der Waals surface area (Å²) >= 11 is 0. The molecule has 9 heteroatoms. The predicted molar refractivity (Wildman–Crippen MR) is 100 cm³/mol. The van der Waals surface area contributed by atoms with Crippen molar-refractivity contribution >= 4 is 15.9 Å². The van der Waals surface area contributed by atoms with E-state index in [1.807, 2.05) is 0 Å². The van der Waals surface area contributed by atoms with Gasteiger partial charge in [0.1, 0.15) is 4.90 Å². The maximum absolute atomic E-state index is 12.7. The molecule has 2 heterocycles. The van der Waals surface area contributed by atoms with Crippen LogP contribution in [-0.2, 0) is 21.9 Å². The molecule has 0 radical (unpaired) electrons. The first-order chi connectivity index (χ1) is 12.2. The summed E-state index contributed by atoms with van der Waals surface area (Å²) in [5.74, 6) is 0.404. The van der Waals surface area contributed by atoms with Crippen molar-refractivity contribution in [2.45, 2.75) is 51.5 Å². The number of amides is 1. The van der Waals surface area contributed by atoms with Gasteiger partial charge in [0.2, 0.25) is 15.9 Å². The van der Waals surface area contributed by atoms with Gasteiger partial charge >= 0.3 is 0 Å². The van der Waals surface area contributed by atoms with Gasteiger partial charge in [-0.3, -0.25) is 9.48 Å². The summed E-state index contributed by atoms with van der Waals surface area (Å²) in [5, 5.41) is 7.49. The van der Waals surface area contributed by atoms with Gasteiger partial charge in [-0.05, 0) is 52.6 Å². The van der Waals surface area contributed by atoms with E-state index in [0.717, 1.165) is 25.9 Å². The highest BCUT2D eigenvalue weighted by molar-refractivity contribution is 7.89. The Morgan fingerprint density at radius 2 is 1.92 bits per heavy atom. The zero-order chi connectivity index (χ0) is 19.5. The number of likely N-dealkylation sites (tertiary alicyclic amines) is 1. The number of hydrogen-bond donors (Lipinski definition) is 2. The Balaban J connectivity index is 1.99. The minimum Gasteiger partial charge on any atom is -0.341 e. The van der Waals surface area contributed by atoms with Gasteiger partial charge in [-0.2, -0.15) is 9.82 Å². The summed E-state index contributed by atoms with van der Waals surface area (Å²) < 4.78 is 29.5. The predicted octanol–water partition coefficient (Wildman–Crippen LogP) is 0.552. The van der Waals surface area contributed by atoms with Crippen molar-refractivity contribution in [3.05, 3.63) is 11.4 Å². The van der Waals surface area contributed by atoms with Crippen molar-refractivity contribution in [1.29, 1.82) is 0 Å². The molecule has 1 aliphatic rings. The molecule has 1 fully saturated rings. The highest BCUT2D eigenvalue weighted by atomic mass is 32.2. The van der Waals surface area contributed by atoms with Crippen molar-refractivity contribution in [3.63, 3.8) is 0 Å². The number of carbonyl (C=O) groups is 1. The number of piperidine rings is 1. The average Bonchev–Trinajstić information content (AvgIpc) is 2.85. The van der Waals surface area contributed by atoms with Crippen LogP contribution in [0.15, 0.2) is 4.90 Å². The van der Waals surface area contributed by atoms with Crippen molar-refractivity contribution in [3.8, 4) is 0 Å². The maximum Gasteiger partial charge on any atom is 0.244 e. The van der Waals surface area contributed by atoms with E-state index in [4.69, 9.17) is 0 Å². The fourth-order valence-corrected chi connectivity index (χ4v) is 5.10. The van der Waals surface area contributed by atoms with Crippen LogP contribution in [0.2, 0.25) is 0 Å². The highest BCUT2D eigenvalue weighted by Crippen LogP contribution is 2.20. The minimum atomic E-state index is -3.80. The van der Waals surface area contributed by atoms with Crippen molar-refractivity contribution in [2.24, 2.45) is 13.0 Å². The van der Waals surface area contributed by atoms with E-state index in [-0.39, 0.29) is 10.8 Å². The summed E-state index contributed by atoms with van der Waals surface area (Å²) in [5.41, 5.74) is 0.986. The lowest BCUT2D eigenvalue weighted by molar-refractivity contribution is -0.133. The second-order valence-corrected chi connectivity index (χ2v) is 8.69. The Hall–Kier alpha value is -1.45. The van der Waals surface area contributed by atoms with Crippen LogP contribution >= 0.6 is 0 Å². The fourth-order valence-electron chi connectivity index (χ4n) is 3.46. The van der Waals surface area contributed by atoms with Gasteiger partial charge in [0.25, 0.3) is 0 Å². The molecule has 1 aliphatic heterocycles. The summed E-state index contributed by atoms with van der Waals surface area (Å²) in [6, 6.07) is -0.802. The number of sulfonamides is 1. The third-order valence-electron chi connectivity index (χ3n) is 5.02. The van der Waals surface area contributed by atoms with Crippen molar-refractivity contribution in [2.75, 3.05) is 26.2 Å². The van der Waals surface area contributed by atoms with Gasteiger partial charge in [-0.15, -0.1) is 0 Å². The molecule has 2 rings (SSSR count). The number of aryl methyl sites for hydroxylation is 2. The van der Waals surface area contributed by atoms with E-state index in [9.17, 15) is 13.2 Å². The first-order valence-electron chi connectivity index (χ1n) is 9.19. The number of hydrogen-bond acceptors (Lipinski definition) is 5. The third kappa shape index (κ3) is 4.63. The lowest BCUT2D eigenvalue weighted by Gasteiger charge is -2.33. The average molecular weight is 386 g/mol. The normalized spacial score (nSPS) is 17.5. The van der Waals surface area contributed by atoms with E-state index in [2.05, 4.69) is 22.1 Å². The third-order valence-corrected chi connectivity index (χ3v) is 6.82. The van der Waals surface area contributed by atoms with Crippen LogP contribution < -0.4 is 10.0 Å². The van der Waals surface area contributed by atoms with Crippen LogP contribution in [-0.4, -0.2) is 61.2 Å². The molecule has 2 N–H and O–H groups in total. The zero-order valence-corrected chi connectivity index (χ0v) is 17.2. The minimum absolute atomic E-state index is 0.156. The molecule has 0 bridgehead atoms. The van der Waals surface area contributed by atoms with Gasteiger partial charge in [-0.1, -0.05) is 6.92 Å². The molecule has 1 aromatic rings. The number of rotatable bonds is 7. The number of nitrogens with zero attached hydrogens (tertiary/aromatic N) is 3. The van der Waals surface area contributed by atoms with Crippen molar-refractivity contribution < 1.29 is 13.2 Å². The topological polar surface area (TPSA) is 96.3 Å². The molecule has 1 saturated heterocycles. The summed E-state index contributed by atoms with van der Waals surface area (Å²) in [6.07, 6.45) is 1.89. The number of aromatic nitrogens is 2. The summed E-state index contributed by atoms with van der Waals surface area (Å²) in [6.45, 7) is 10.3. The maximum atomic E-state index is 12.7. The zero-order valence-electron chi connectivity index (χ0n) is 16.4. The highest BCUT2D eigenvalue weighted by Gasteiger charge is 2.31. The summed E-state index contributed by atoms with van der Waals surface area (Å²) in [4.78, 5) is 14.6. The number of nitrogens with one attached hydrogen (secondary N) is 2. The van der Waals surface area contributed by atoms with E-state index >= 15 is 0 Å². The summed E-state index contributed by atoms with van der Waals surface area (Å²) in [7, 11) is -2.10. The van der Waals surface area contributed by atoms with Gasteiger partial charge in [0.15, 0.2) is 0 Å². The standard InChI is InChI=1S/C17H31N5O3S/c1-6-18-11-15-7-9-22(10-8-15)17(23)13(3)20-26(24,25)16-12(2)19-21(5)14(16)4/h13,15,18,20H,6-11H2,1-5H3. The molecule has 1 unspecified atom stereocenters. The molecule has 0 spiro atoms. The van der Waals surface area contributed by atoms with E-state index in [1.165, 1.54) is 4.68 Å².